The monoisotopic (exact) mass is 355 g/mol. The summed E-state index contributed by atoms with van der Waals surface area (Å²) in [6.45, 7) is 3.98. The lowest BCUT2D eigenvalue weighted by atomic mass is 10.1. The van der Waals surface area contributed by atoms with Gasteiger partial charge in [0.05, 0.1) is 6.61 Å². The van der Waals surface area contributed by atoms with Crippen LogP contribution in [0.3, 0.4) is 0 Å². The van der Waals surface area contributed by atoms with Gasteiger partial charge in [-0.15, -0.1) is 0 Å². The average molecular weight is 355 g/mol. The first-order chi connectivity index (χ1) is 12.0. The van der Waals surface area contributed by atoms with Crippen LogP contribution in [0.1, 0.15) is 69.2 Å². The molecule has 1 aromatic rings. The standard InChI is InChI=1S/C19H27F2NO3/c1-3-4-5-6-7-8-9-12-25-19(24)14(2)22-18(23)15-10-11-16(20)17(21)13-15/h10-11,13-14H,3-9,12H2,1-2H3,(H,22,23). The molecule has 1 amide bonds. The summed E-state index contributed by atoms with van der Waals surface area (Å²) < 4.78 is 31.1. The van der Waals surface area contributed by atoms with Crippen LogP contribution in [0.15, 0.2) is 18.2 Å². The highest BCUT2D eigenvalue weighted by Crippen LogP contribution is 2.09. The molecule has 0 saturated heterocycles. The third-order valence-electron chi connectivity index (χ3n) is 3.88. The predicted octanol–water partition coefficient (Wildman–Crippen LogP) is 4.38. The second-order valence-electron chi connectivity index (χ2n) is 6.11. The Morgan fingerprint density at radius 2 is 1.68 bits per heavy atom. The van der Waals surface area contributed by atoms with E-state index in [9.17, 15) is 18.4 Å². The molecule has 0 aliphatic carbocycles. The third-order valence-corrected chi connectivity index (χ3v) is 3.88. The van der Waals surface area contributed by atoms with Crippen molar-refractivity contribution in [3.63, 3.8) is 0 Å². The molecule has 1 aromatic carbocycles. The van der Waals surface area contributed by atoms with Gasteiger partial charge < -0.3 is 10.1 Å². The Hall–Kier alpha value is -1.98. The van der Waals surface area contributed by atoms with Crippen LogP contribution in [0.25, 0.3) is 0 Å². The summed E-state index contributed by atoms with van der Waals surface area (Å²) in [5.74, 6) is -3.33. The minimum Gasteiger partial charge on any atom is -0.464 e. The summed E-state index contributed by atoms with van der Waals surface area (Å²) in [6.07, 6.45) is 7.83. The average Bonchev–Trinajstić information content (AvgIpc) is 2.59. The first-order valence-corrected chi connectivity index (χ1v) is 8.88. The molecule has 1 N–H and O–H groups in total. The van der Waals surface area contributed by atoms with Crippen molar-refractivity contribution in [1.82, 2.24) is 5.32 Å². The van der Waals surface area contributed by atoms with E-state index in [0.29, 0.717) is 6.61 Å². The number of carbonyl (C=O) groups is 2. The van der Waals surface area contributed by atoms with Gasteiger partial charge in [0, 0.05) is 5.56 Å². The van der Waals surface area contributed by atoms with Gasteiger partial charge in [0.2, 0.25) is 0 Å². The maximum atomic E-state index is 13.1. The molecular weight excluding hydrogens is 328 g/mol. The molecule has 1 rings (SSSR count). The van der Waals surface area contributed by atoms with Crippen LogP contribution in [-0.4, -0.2) is 24.5 Å². The van der Waals surface area contributed by atoms with Gasteiger partial charge in [-0.05, 0) is 31.5 Å². The van der Waals surface area contributed by atoms with Gasteiger partial charge in [-0.25, -0.2) is 13.6 Å². The normalized spacial score (nSPS) is 11.8. The molecule has 1 atom stereocenters. The van der Waals surface area contributed by atoms with Crippen LogP contribution in [-0.2, 0) is 9.53 Å². The lowest BCUT2D eigenvalue weighted by Gasteiger charge is -2.13. The van der Waals surface area contributed by atoms with Gasteiger partial charge in [-0.2, -0.15) is 0 Å². The van der Waals surface area contributed by atoms with E-state index in [1.54, 1.807) is 0 Å². The maximum Gasteiger partial charge on any atom is 0.328 e. The molecule has 0 aliphatic rings. The van der Waals surface area contributed by atoms with Crippen LogP contribution >= 0.6 is 0 Å². The summed E-state index contributed by atoms with van der Waals surface area (Å²) >= 11 is 0. The Labute approximate surface area is 147 Å². The molecule has 1 unspecified atom stereocenters. The zero-order chi connectivity index (χ0) is 18.7. The Balaban J connectivity index is 2.25. The number of amides is 1. The molecule has 4 nitrogen and oxygen atoms in total. The van der Waals surface area contributed by atoms with E-state index >= 15 is 0 Å². The number of nitrogens with one attached hydrogen (secondary N) is 1. The van der Waals surface area contributed by atoms with Gasteiger partial charge in [0.25, 0.3) is 5.91 Å². The quantitative estimate of drug-likeness (QED) is 0.473. The molecule has 0 heterocycles. The fourth-order valence-electron chi connectivity index (χ4n) is 2.33. The van der Waals surface area contributed by atoms with E-state index in [1.807, 2.05) is 0 Å². The van der Waals surface area contributed by atoms with E-state index in [0.717, 1.165) is 37.5 Å². The predicted molar refractivity (Wildman–Crippen MR) is 92.2 cm³/mol. The molecule has 0 radical (unpaired) electrons. The zero-order valence-electron chi connectivity index (χ0n) is 14.9. The first kappa shape index (κ1) is 21.1. The lowest BCUT2D eigenvalue weighted by molar-refractivity contribution is -0.145. The van der Waals surface area contributed by atoms with E-state index in [1.165, 1.54) is 32.6 Å². The van der Waals surface area contributed by atoms with Crippen molar-refractivity contribution >= 4 is 11.9 Å². The van der Waals surface area contributed by atoms with Crippen LogP contribution in [0.5, 0.6) is 0 Å². The van der Waals surface area contributed by atoms with Crippen molar-refractivity contribution in [3.05, 3.63) is 35.4 Å². The smallest absolute Gasteiger partial charge is 0.328 e. The highest BCUT2D eigenvalue weighted by atomic mass is 19.2. The molecule has 0 spiro atoms. The van der Waals surface area contributed by atoms with Crippen LogP contribution < -0.4 is 5.32 Å². The number of halogens is 2. The molecule has 140 valence electrons. The molecule has 6 heteroatoms. The highest BCUT2D eigenvalue weighted by molar-refractivity contribution is 5.96. The minimum absolute atomic E-state index is 0.0503. The molecular formula is C19H27F2NO3. The maximum absolute atomic E-state index is 13.1. The van der Waals surface area contributed by atoms with Crippen molar-refractivity contribution in [2.45, 2.75) is 64.8 Å². The molecule has 0 fully saturated rings. The summed E-state index contributed by atoms with van der Waals surface area (Å²) in [5.41, 5.74) is -0.0503. The second-order valence-corrected chi connectivity index (χ2v) is 6.11. The molecule has 0 aliphatic heterocycles. The minimum atomic E-state index is -1.11. The lowest BCUT2D eigenvalue weighted by Crippen LogP contribution is -2.39. The van der Waals surface area contributed by atoms with Gasteiger partial charge in [-0.3, -0.25) is 4.79 Å². The number of benzene rings is 1. The fraction of sp³-hybridized carbons (Fsp3) is 0.579. The van der Waals surface area contributed by atoms with Gasteiger partial charge in [0.1, 0.15) is 6.04 Å². The number of ether oxygens (including phenoxy) is 1. The number of carbonyl (C=O) groups excluding carboxylic acids is 2. The molecule has 0 bridgehead atoms. The van der Waals surface area contributed by atoms with Crippen LogP contribution in [0.2, 0.25) is 0 Å². The Morgan fingerprint density at radius 3 is 2.32 bits per heavy atom. The molecule has 0 saturated carbocycles. The van der Waals surface area contributed by atoms with Crippen LogP contribution in [0.4, 0.5) is 8.78 Å². The van der Waals surface area contributed by atoms with Crippen molar-refractivity contribution in [2.75, 3.05) is 6.61 Å². The summed E-state index contributed by atoms with van der Waals surface area (Å²) in [5, 5.41) is 2.42. The van der Waals surface area contributed by atoms with Crippen molar-refractivity contribution in [2.24, 2.45) is 0 Å². The highest BCUT2D eigenvalue weighted by Gasteiger charge is 2.18. The number of hydrogen-bond donors (Lipinski definition) is 1. The van der Waals surface area contributed by atoms with E-state index in [-0.39, 0.29) is 5.56 Å². The van der Waals surface area contributed by atoms with Gasteiger partial charge >= 0.3 is 5.97 Å². The summed E-state index contributed by atoms with van der Waals surface area (Å²) in [7, 11) is 0. The Morgan fingerprint density at radius 1 is 1.04 bits per heavy atom. The number of unbranched alkanes of at least 4 members (excludes halogenated alkanes) is 6. The number of rotatable bonds is 11. The zero-order valence-corrected chi connectivity index (χ0v) is 14.9. The molecule has 0 aromatic heterocycles. The first-order valence-electron chi connectivity index (χ1n) is 8.88. The summed E-state index contributed by atoms with van der Waals surface area (Å²) in [6, 6.07) is 1.96. The topological polar surface area (TPSA) is 55.4 Å². The Kier molecular flexibility index (Phi) is 9.73. The van der Waals surface area contributed by atoms with E-state index in [2.05, 4.69) is 12.2 Å². The van der Waals surface area contributed by atoms with Crippen LogP contribution in [0, 0.1) is 11.6 Å². The third kappa shape index (κ3) is 8.09. The molecule has 25 heavy (non-hydrogen) atoms. The summed E-state index contributed by atoms with van der Waals surface area (Å²) in [4.78, 5) is 23.8. The number of hydrogen-bond acceptors (Lipinski definition) is 3. The van der Waals surface area contributed by atoms with Gasteiger partial charge in [0.15, 0.2) is 11.6 Å². The van der Waals surface area contributed by atoms with Crippen molar-refractivity contribution in [1.29, 1.82) is 0 Å². The van der Waals surface area contributed by atoms with Crippen molar-refractivity contribution in [3.8, 4) is 0 Å². The van der Waals surface area contributed by atoms with E-state index < -0.39 is 29.6 Å². The van der Waals surface area contributed by atoms with E-state index in [4.69, 9.17) is 4.74 Å². The number of esters is 1. The van der Waals surface area contributed by atoms with Crippen molar-refractivity contribution < 1.29 is 23.1 Å². The Bertz CT molecular complexity index is 564. The SMILES string of the molecule is CCCCCCCCCOC(=O)C(C)NC(=O)c1ccc(F)c(F)c1. The second kappa shape index (κ2) is 11.6. The fourth-order valence-corrected chi connectivity index (χ4v) is 2.33. The van der Waals surface area contributed by atoms with Gasteiger partial charge in [-0.1, -0.05) is 45.4 Å². The largest absolute Gasteiger partial charge is 0.464 e.